The van der Waals surface area contributed by atoms with Gasteiger partial charge in [0.05, 0.1) is 17.4 Å². The molecule has 1 aromatic carbocycles. The Labute approximate surface area is 102 Å². The summed E-state index contributed by atoms with van der Waals surface area (Å²) >= 11 is 0. The van der Waals surface area contributed by atoms with Crippen LogP contribution in [0, 0.1) is 5.92 Å². The quantitative estimate of drug-likeness (QED) is 0.828. The molecular weight excluding hydrogens is 212 g/mol. The zero-order valence-corrected chi connectivity index (χ0v) is 10.5. The van der Waals surface area contributed by atoms with Crippen molar-refractivity contribution in [2.24, 2.45) is 11.7 Å². The third-order valence-corrected chi connectivity index (χ3v) is 3.29. The summed E-state index contributed by atoms with van der Waals surface area (Å²) in [5.41, 5.74) is 9.03. The number of aromatic nitrogens is 2. The zero-order valence-electron chi connectivity index (χ0n) is 10.5. The molecule has 1 heterocycles. The Hall–Kier alpha value is -1.55. The number of hydrogen-bond acceptors (Lipinski definition) is 3. The number of nitrogens with one attached hydrogen (secondary N) is 1. The molecule has 17 heavy (non-hydrogen) atoms. The molecule has 1 unspecified atom stereocenters. The fourth-order valence-electron chi connectivity index (χ4n) is 2.02. The lowest BCUT2D eigenvalue weighted by molar-refractivity contribution is 0.521. The van der Waals surface area contributed by atoms with Crippen molar-refractivity contribution in [1.82, 2.24) is 9.97 Å². The molecule has 0 aliphatic carbocycles. The Morgan fingerprint density at radius 1 is 1.47 bits per heavy atom. The van der Waals surface area contributed by atoms with Gasteiger partial charge in [-0.05, 0) is 30.7 Å². The molecule has 0 amide bonds. The van der Waals surface area contributed by atoms with Crippen LogP contribution in [0.15, 0.2) is 24.5 Å². The van der Waals surface area contributed by atoms with E-state index in [0.717, 1.165) is 30.5 Å². The van der Waals surface area contributed by atoms with E-state index >= 15 is 0 Å². The van der Waals surface area contributed by atoms with Crippen LogP contribution in [0.25, 0.3) is 11.0 Å². The summed E-state index contributed by atoms with van der Waals surface area (Å²) in [5, 5.41) is 0. The molecule has 0 fully saturated rings. The highest BCUT2D eigenvalue weighted by molar-refractivity contribution is 5.78. The zero-order chi connectivity index (χ0) is 12.3. The van der Waals surface area contributed by atoms with Gasteiger partial charge in [-0.2, -0.15) is 0 Å². The Balaban J connectivity index is 2.14. The van der Waals surface area contributed by atoms with Gasteiger partial charge in [0.15, 0.2) is 0 Å². The van der Waals surface area contributed by atoms with Crippen LogP contribution in [0.2, 0.25) is 0 Å². The molecule has 0 saturated heterocycles. The van der Waals surface area contributed by atoms with E-state index in [2.05, 4.69) is 41.0 Å². The number of hydrogen-bond donors (Lipinski definition) is 2. The van der Waals surface area contributed by atoms with Crippen LogP contribution in [-0.2, 0) is 0 Å². The standard InChI is InChI=1S/C13H20N4/c1-3-10(7-14)8-17(2)11-4-5-12-13(6-11)16-9-15-12/h4-6,9-10H,3,7-8,14H2,1-2H3,(H,15,16). The molecule has 0 spiro atoms. The summed E-state index contributed by atoms with van der Waals surface area (Å²) in [6.07, 6.45) is 2.84. The van der Waals surface area contributed by atoms with E-state index in [9.17, 15) is 0 Å². The first-order valence-corrected chi connectivity index (χ1v) is 6.09. The molecule has 2 aromatic rings. The summed E-state index contributed by atoms with van der Waals surface area (Å²) in [6.45, 7) is 3.92. The second-order valence-electron chi connectivity index (χ2n) is 4.49. The minimum Gasteiger partial charge on any atom is -0.374 e. The number of anilines is 1. The van der Waals surface area contributed by atoms with Gasteiger partial charge in [0.1, 0.15) is 0 Å². The topological polar surface area (TPSA) is 57.9 Å². The van der Waals surface area contributed by atoms with Gasteiger partial charge in [0.25, 0.3) is 0 Å². The maximum atomic E-state index is 5.74. The van der Waals surface area contributed by atoms with Crippen molar-refractivity contribution in [2.75, 3.05) is 25.0 Å². The van der Waals surface area contributed by atoms with Crippen LogP contribution in [0.4, 0.5) is 5.69 Å². The van der Waals surface area contributed by atoms with Crippen LogP contribution < -0.4 is 10.6 Å². The highest BCUT2D eigenvalue weighted by Crippen LogP contribution is 2.19. The van der Waals surface area contributed by atoms with Gasteiger partial charge in [-0.3, -0.25) is 0 Å². The Bertz CT molecular complexity index is 473. The molecule has 4 heteroatoms. The first-order valence-electron chi connectivity index (χ1n) is 6.09. The third-order valence-electron chi connectivity index (χ3n) is 3.29. The lowest BCUT2D eigenvalue weighted by atomic mass is 10.1. The summed E-state index contributed by atoms with van der Waals surface area (Å²) in [7, 11) is 2.11. The van der Waals surface area contributed by atoms with Gasteiger partial charge in [-0.25, -0.2) is 4.98 Å². The molecule has 0 radical (unpaired) electrons. The Morgan fingerprint density at radius 2 is 2.29 bits per heavy atom. The Kier molecular flexibility index (Phi) is 3.64. The number of benzene rings is 1. The van der Waals surface area contributed by atoms with Gasteiger partial charge >= 0.3 is 0 Å². The molecule has 0 bridgehead atoms. The summed E-state index contributed by atoms with van der Waals surface area (Å²) in [6, 6.07) is 6.28. The van der Waals surface area contributed by atoms with E-state index < -0.39 is 0 Å². The number of nitrogens with two attached hydrogens (primary N) is 1. The second-order valence-corrected chi connectivity index (χ2v) is 4.49. The van der Waals surface area contributed by atoms with Crippen molar-refractivity contribution in [2.45, 2.75) is 13.3 Å². The molecule has 0 saturated carbocycles. The molecule has 3 N–H and O–H groups in total. The predicted octanol–water partition coefficient (Wildman–Crippen LogP) is 1.98. The molecule has 2 rings (SSSR count). The number of H-pyrrole nitrogens is 1. The number of rotatable bonds is 5. The SMILES string of the molecule is CCC(CN)CN(C)c1ccc2nc[nH]c2c1. The van der Waals surface area contributed by atoms with Crippen molar-refractivity contribution in [3.63, 3.8) is 0 Å². The maximum absolute atomic E-state index is 5.74. The minimum atomic E-state index is 0.553. The lowest BCUT2D eigenvalue weighted by Crippen LogP contribution is -2.29. The smallest absolute Gasteiger partial charge is 0.0931 e. The minimum absolute atomic E-state index is 0.553. The number of fused-ring (bicyclic) bond motifs is 1. The van der Waals surface area contributed by atoms with E-state index in [4.69, 9.17) is 5.73 Å². The molecule has 1 aromatic heterocycles. The predicted molar refractivity (Wildman–Crippen MR) is 72.2 cm³/mol. The van der Waals surface area contributed by atoms with E-state index in [1.54, 1.807) is 6.33 Å². The molecule has 0 aliphatic rings. The van der Waals surface area contributed by atoms with Gasteiger partial charge in [-0.1, -0.05) is 13.3 Å². The van der Waals surface area contributed by atoms with Gasteiger partial charge in [0, 0.05) is 19.3 Å². The first kappa shape index (κ1) is 11.9. The summed E-state index contributed by atoms with van der Waals surface area (Å²) < 4.78 is 0. The molecule has 0 aliphatic heterocycles. The van der Waals surface area contributed by atoms with Crippen molar-refractivity contribution >= 4 is 16.7 Å². The lowest BCUT2D eigenvalue weighted by Gasteiger charge is -2.24. The van der Waals surface area contributed by atoms with E-state index in [1.807, 2.05) is 6.07 Å². The molecular formula is C13H20N4. The summed E-state index contributed by atoms with van der Waals surface area (Å²) in [4.78, 5) is 9.60. The van der Waals surface area contributed by atoms with Gasteiger partial charge in [0.2, 0.25) is 0 Å². The van der Waals surface area contributed by atoms with Crippen molar-refractivity contribution in [3.8, 4) is 0 Å². The first-order chi connectivity index (χ1) is 8.24. The number of imidazole rings is 1. The van der Waals surface area contributed by atoms with Crippen molar-refractivity contribution in [1.29, 1.82) is 0 Å². The Morgan fingerprint density at radius 3 is 3.00 bits per heavy atom. The summed E-state index contributed by atoms with van der Waals surface area (Å²) in [5.74, 6) is 0.553. The van der Waals surface area contributed by atoms with Crippen LogP contribution in [-0.4, -0.2) is 30.1 Å². The largest absolute Gasteiger partial charge is 0.374 e. The average Bonchev–Trinajstić information content (AvgIpc) is 2.82. The maximum Gasteiger partial charge on any atom is 0.0931 e. The molecule has 1 atom stereocenters. The third kappa shape index (κ3) is 2.58. The number of nitrogens with zero attached hydrogens (tertiary/aromatic N) is 2. The van der Waals surface area contributed by atoms with Crippen LogP contribution in [0.5, 0.6) is 0 Å². The van der Waals surface area contributed by atoms with Crippen LogP contribution >= 0.6 is 0 Å². The fraction of sp³-hybridized carbons (Fsp3) is 0.462. The van der Waals surface area contributed by atoms with Crippen LogP contribution in [0.1, 0.15) is 13.3 Å². The molecule has 4 nitrogen and oxygen atoms in total. The van der Waals surface area contributed by atoms with Gasteiger partial charge in [-0.15, -0.1) is 0 Å². The van der Waals surface area contributed by atoms with Crippen molar-refractivity contribution < 1.29 is 0 Å². The molecule has 92 valence electrons. The van der Waals surface area contributed by atoms with Crippen molar-refractivity contribution in [3.05, 3.63) is 24.5 Å². The van der Waals surface area contributed by atoms with Crippen LogP contribution in [0.3, 0.4) is 0 Å². The van der Waals surface area contributed by atoms with E-state index in [-0.39, 0.29) is 0 Å². The average molecular weight is 232 g/mol. The fourth-order valence-corrected chi connectivity index (χ4v) is 2.02. The van der Waals surface area contributed by atoms with E-state index in [0.29, 0.717) is 5.92 Å². The highest BCUT2D eigenvalue weighted by Gasteiger charge is 2.09. The number of aromatic amines is 1. The van der Waals surface area contributed by atoms with Gasteiger partial charge < -0.3 is 15.6 Å². The van der Waals surface area contributed by atoms with E-state index in [1.165, 1.54) is 5.69 Å². The normalized spacial score (nSPS) is 12.9. The highest BCUT2D eigenvalue weighted by atomic mass is 15.1. The second kappa shape index (κ2) is 5.19. The monoisotopic (exact) mass is 232 g/mol.